The lowest BCUT2D eigenvalue weighted by Crippen LogP contribution is -2.44. The Hall–Kier alpha value is -1.85. The highest BCUT2D eigenvalue weighted by molar-refractivity contribution is 14.1. The van der Waals surface area contributed by atoms with Gasteiger partial charge in [0.05, 0.1) is 4.91 Å². The van der Waals surface area contributed by atoms with E-state index in [4.69, 9.17) is 4.74 Å². The van der Waals surface area contributed by atoms with Crippen LogP contribution in [0, 0.1) is 3.57 Å². The van der Waals surface area contributed by atoms with Gasteiger partial charge in [-0.25, -0.2) is 0 Å². The zero-order valence-corrected chi connectivity index (χ0v) is 22.3. The molecule has 0 aromatic heterocycles. The predicted octanol–water partition coefficient (Wildman–Crippen LogP) is 5.68. The Morgan fingerprint density at radius 1 is 1.09 bits per heavy atom. The van der Waals surface area contributed by atoms with Gasteiger partial charge in [0.1, 0.15) is 18.9 Å². The SMILES string of the molecule is O=C(CN1C(=O)S/C(=C\c2cc(Br)ccc2OCc2ccc(I)cc2)C1=O)N1CCCCC1. The number of benzene rings is 2. The van der Waals surface area contributed by atoms with Crippen LogP contribution in [0.1, 0.15) is 30.4 Å². The van der Waals surface area contributed by atoms with E-state index in [1.165, 1.54) is 0 Å². The molecule has 2 aromatic carbocycles. The number of imide groups is 1. The molecule has 0 N–H and O–H groups in total. The molecule has 33 heavy (non-hydrogen) atoms. The molecular formula is C24H22BrIN2O4S. The highest BCUT2D eigenvalue weighted by Crippen LogP contribution is 2.35. The number of carbonyl (C=O) groups excluding carboxylic acids is 3. The Kier molecular flexibility index (Phi) is 8.13. The second-order valence-corrected chi connectivity index (χ2v) is 11.0. The smallest absolute Gasteiger partial charge is 0.294 e. The van der Waals surface area contributed by atoms with E-state index in [1.807, 2.05) is 42.5 Å². The molecule has 3 amide bonds. The number of amides is 3. The monoisotopic (exact) mass is 640 g/mol. The fraction of sp³-hybridized carbons (Fsp3) is 0.292. The molecule has 0 bridgehead atoms. The summed E-state index contributed by atoms with van der Waals surface area (Å²) in [4.78, 5) is 41.1. The Bertz CT molecular complexity index is 1100. The van der Waals surface area contributed by atoms with Gasteiger partial charge in [0.25, 0.3) is 11.1 Å². The first kappa shape index (κ1) is 24.3. The van der Waals surface area contributed by atoms with E-state index in [9.17, 15) is 14.4 Å². The van der Waals surface area contributed by atoms with Gasteiger partial charge in [-0.1, -0.05) is 28.1 Å². The number of halogens is 2. The number of piperidine rings is 1. The summed E-state index contributed by atoms with van der Waals surface area (Å²) in [5.41, 5.74) is 1.71. The molecule has 0 saturated carbocycles. The lowest BCUT2D eigenvalue weighted by atomic mass is 10.1. The van der Waals surface area contributed by atoms with Crippen LogP contribution in [-0.2, 0) is 16.2 Å². The van der Waals surface area contributed by atoms with Crippen LogP contribution >= 0.6 is 50.3 Å². The minimum absolute atomic E-state index is 0.178. The molecule has 9 heteroatoms. The van der Waals surface area contributed by atoms with E-state index in [1.54, 1.807) is 11.0 Å². The number of hydrogen-bond acceptors (Lipinski definition) is 5. The first-order chi connectivity index (χ1) is 15.9. The first-order valence-electron chi connectivity index (χ1n) is 10.6. The van der Waals surface area contributed by atoms with Crippen LogP contribution in [0.15, 0.2) is 51.8 Å². The van der Waals surface area contributed by atoms with E-state index in [0.717, 1.165) is 49.5 Å². The molecule has 2 fully saturated rings. The average molecular weight is 641 g/mol. The van der Waals surface area contributed by atoms with Gasteiger partial charge in [-0.15, -0.1) is 0 Å². The van der Waals surface area contributed by atoms with Crippen molar-refractivity contribution in [3.05, 3.63) is 66.5 Å². The van der Waals surface area contributed by atoms with Crippen molar-refractivity contribution in [3.63, 3.8) is 0 Å². The summed E-state index contributed by atoms with van der Waals surface area (Å²) < 4.78 is 7.99. The molecule has 172 valence electrons. The third kappa shape index (κ3) is 6.19. The number of nitrogens with zero attached hydrogens (tertiary/aromatic N) is 2. The van der Waals surface area contributed by atoms with Gasteiger partial charge < -0.3 is 9.64 Å². The van der Waals surface area contributed by atoms with Gasteiger partial charge in [0.2, 0.25) is 5.91 Å². The summed E-state index contributed by atoms with van der Waals surface area (Å²) in [5, 5.41) is -0.423. The van der Waals surface area contributed by atoms with Gasteiger partial charge >= 0.3 is 0 Å². The first-order valence-corrected chi connectivity index (χ1v) is 13.3. The molecule has 2 aliphatic rings. The molecule has 2 saturated heterocycles. The topological polar surface area (TPSA) is 66.9 Å². The number of carbonyl (C=O) groups is 3. The molecule has 4 rings (SSSR count). The molecule has 0 unspecified atom stereocenters. The largest absolute Gasteiger partial charge is 0.488 e. The molecule has 2 aromatic rings. The maximum Gasteiger partial charge on any atom is 0.294 e. The van der Waals surface area contributed by atoms with Crippen LogP contribution in [0.4, 0.5) is 4.79 Å². The molecule has 0 aliphatic carbocycles. The molecule has 2 heterocycles. The van der Waals surface area contributed by atoms with E-state index >= 15 is 0 Å². The highest BCUT2D eigenvalue weighted by atomic mass is 127. The summed E-state index contributed by atoms with van der Waals surface area (Å²) in [5.74, 6) is -0.0193. The fourth-order valence-corrected chi connectivity index (χ4v) is 5.23. The predicted molar refractivity (Wildman–Crippen MR) is 141 cm³/mol. The third-order valence-corrected chi connectivity index (χ3v) is 7.56. The highest BCUT2D eigenvalue weighted by Gasteiger charge is 2.37. The van der Waals surface area contributed by atoms with Crippen LogP contribution in [0.5, 0.6) is 5.75 Å². The summed E-state index contributed by atoms with van der Waals surface area (Å²) in [6.45, 7) is 1.54. The van der Waals surface area contributed by atoms with E-state index < -0.39 is 11.1 Å². The number of likely N-dealkylation sites (tertiary alicyclic amines) is 1. The van der Waals surface area contributed by atoms with Crippen molar-refractivity contribution in [3.8, 4) is 5.75 Å². The van der Waals surface area contributed by atoms with E-state index in [-0.39, 0.29) is 17.4 Å². The van der Waals surface area contributed by atoms with Crippen molar-refractivity contribution >= 4 is 73.4 Å². The number of hydrogen-bond donors (Lipinski definition) is 0. The molecule has 0 atom stereocenters. The van der Waals surface area contributed by atoms with Crippen molar-refractivity contribution in [2.45, 2.75) is 25.9 Å². The van der Waals surface area contributed by atoms with E-state index in [0.29, 0.717) is 31.0 Å². The summed E-state index contributed by atoms with van der Waals surface area (Å²) in [6, 6.07) is 13.6. The Labute approximate surface area is 219 Å². The van der Waals surface area contributed by atoms with Crippen LogP contribution < -0.4 is 4.74 Å². The Balaban J connectivity index is 1.49. The van der Waals surface area contributed by atoms with Crippen molar-refractivity contribution in [1.29, 1.82) is 0 Å². The Morgan fingerprint density at radius 2 is 1.82 bits per heavy atom. The average Bonchev–Trinajstić information content (AvgIpc) is 3.07. The number of rotatable bonds is 6. The fourth-order valence-electron chi connectivity index (χ4n) is 3.66. The van der Waals surface area contributed by atoms with E-state index in [2.05, 4.69) is 38.5 Å². The maximum absolute atomic E-state index is 12.9. The van der Waals surface area contributed by atoms with Crippen LogP contribution in [-0.4, -0.2) is 46.5 Å². The number of thioether (sulfide) groups is 1. The van der Waals surface area contributed by atoms with Crippen molar-refractivity contribution in [2.75, 3.05) is 19.6 Å². The van der Waals surface area contributed by atoms with Crippen molar-refractivity contribution in [2.24, 2.45) is 0 Å². The summed E-state index contributed by atoms with van der Waals surface area (Å²) >= 11 is 6.57. The molecule has 6 nitrogen and oxygen atoms in total. The summed E-state index contributed by atoms with van der Waals surface area (Å²) in [6.07, 6.45) is 4.68. The van der Waals surface area contributed by atoms with Gasteiger partial charge in [-0.3, -0.25) is 19.3 Å². The van der Waals surface area contributed by atoms with Gasteiger partial charge in [-0.05, 0) is 95.6 Å². The molecule has 2 aliphatic heterocycles. The summed E-state index contributed by atoms with van der Waals surface area (Å²) in [7, 11) is 0. The second-order valence-electron chi connectivity index (χ2n) is 7.81. The lowest BCUT2D eigenvalue weighted by molar-refractivity contribution is -0.136. The minimum Gasteiger partial charge on any atom is -0.488 e. The number of ether oxygens (including phenoxy) is 1. The molecular weight excluding hydrogens is 619 g/mol. The van der Waals surface area contributed by atoms with Crippen molar-refractivity contribution in [1.82, 2.24) is 9.80 Å². The zero-order valence-electron chi connectivity index (χ0n) is 17.8. The van der Waals surface area contributed by atoms with Gasteiger partial charge in [0, 0.05) is 26.7 Å². The normalized spacial score (nSPS) is 17.7. The molecule has 0 radical (unpaired) electrons. The van der Waals surface area contributed by atoms with Gasteiger partial charge in [-0.2, -0.15) is 0 Å². The third-order valence-electron chi connectivity index (χ3n) is 5.44. The van der Waals surface area contributed by atoms with Crippen LogP contribution in [0.3, 0.4) is 0 Å². The van der Waals surface area contributed by atoms with Crippen LogP contribution in [0.2, 0.25) is 0 Å². The zero-order chi connectivity index (χ0) is 23.4. The van der Waals surface area contributed by atoms with Crippen molar-refractivity contribution < 1.29 is 19.1 Å². The Morgan fingerprint density at radius 3 is 2.55 bits per heavy atom. The second kappa shape index (κ2) is 11.1. The molecule has 0 spiro atoms. The maximum atomic E-state index is 12.9. The van der Waals surface area contributed by atoms with Crippen LogP contribution in [0.25, 0.3) is 6.08 Å². The minimum atomic E-state index is -0.445. The quantitative estimate of drug-likeness (QED) is 0.300. The standard InChI is InChI=1S/C24H22BrIN2O4S/c25-18-6-9-20(32-15-16-4-7-19(26)8-5-16)17(12-18)13-21-23(30)28(24(31)33-21)14-22(29)27-10-2-1-3-11-27/h4-9,12-13H,1-3,10-11,14-15H2/b21-13-. The lowest BCUT2D eigenvalue weighted by Gasteiger charge is -2.27. The van der Waals surface area contributed by atoms with Gasteiger partial charge in [0.15, 0.2) is 0 Å².